The molecular formula is C14H22O3. The molecule has 0 amide bonds. The van der Waals surface area contributed by atoms with Gasteiger partial charge >= 0.3 is 0 Å². The zero-order valence-electron chi connectivity index (χ0n) is 10.9. The summed E-state index contributed by atoms with van der Waals surface area (Å²) < 4.78 is 16.7. The molecule has 1 aromatic carbocycles. The van der Waals surface area contributed by atoms with E-state index in [4.69, 9.17) is 14.2 Å². The highest BCUT2D eigenvalue weighted by molar-refractivity contribution is 5.39. The Kier molecular flexibility index (Phi) is 6.48. The minimum Gasteiger partial charge on any atom is -0.490 e. The van der Waals surface area contributed by atoms with Crippen molar-refractivity contribution in [2.24, 2.45) is 0 Å². The highest BCUT2D eigenvalue weighted by Crippen LogP contribution is 2.26. The highest BCUT2D eigenvalue weighted by Gasteiger charge is 2.03. The average Bonchev–Trinajstić information content (AvgIpc) is 2.36. The summed E-state index contributed by atoms with van der Waals surface area (Å²) >= 11 is 0. The first-order valence-corrected chi connectivity index (χ1v) is 6.24. The zero-order chi connectivity index (χ0) is 12.5. The molecule has 0 N–H and O–H groups in total. The smallest absolute Gasteiger partial charge is 0.161 e. The van der Waals surface area contributed by atoms with E-state index < -0.39 is 0 Å². The van der Waals surface area contributed by atoms with Gasteiger partial charge in [-0.2, -0.15) is 0 Å². The molecule has 1 rings (SSSR count). The fraction of sp³-hybridized carbons (Fsp3) is 0.571. The minimum atomic E-state index is 0.292. The molecule has 0 spiro atoms. The molecule has 0 bridgehead atoms. The van der Waals surface area contributed by atoms with Crippen LogP contribution in [0.1, 0.15) is 27.2 Å². The van der Waals surface area contributed by atoms with Crippen molar-refractivity contribution >= 4 is 0 Å². The van der Waals surface area contributed by atoms with Crippen molar-refractivity contribution in [3.05, 3.63) is 24.3 Å². The third kappa shape index (κ3) is 5.09. The van der Waals surface area contributed by atoms with Gasteiger partial charge in [-0.1, -0.05) is 19.1 Å². The van der Waals surface area contributed by atoms with Gasteiger partial charge in [0.25, 0.3) is 0 Å². The number of benzene rings is 1. The first-order chi connectivity index (χ1) is 8.27. The topological polar surface area (TPSA) is 27.7 Å². The lowest BCUT2D eigenvalue weighted by Crippen LogP contribution is -2.13. The zero-order valence-corrected chi connectivity index (χ0v) is 10.9. The lowest BCUT2D eigenvalue weighted by Gasteiger charge is -2.13. The van der Waals surface area contributed by atoms with Gasteiger partial charge < -0.3 is 14.2 Å². The molecule has 1 unspecified atom stereocenters. The van der Waals surface area contributed by atoms with E-state index in [2.05, 4.69) is 13.8 Å². The summed E-state index contributed by atoms with van der Waals surface area (Å²) in [7, 11) is 0. The third-order valence-electron chi connectivity index (χ3n) is 2.47. The molecule has 0 aromatic heterocycles. The Morgan fingerprint density at radius 1 is 1.00 bits per heavy atom. The summed E-state index contributed by atoms with van der Waals surface area (Å²) in [6, 6.07) is 7.70. The molecule has 0 saturated heterocycles. The van der Waals surface area contributed by atoms with Crippen LogP contribution >= 0.6 is 0 Å². The van der Waals surface area contributed by atoms with Gasteiger partial charge in [-0.25, -0.2) is 0 Å². The van der Waals surface area contributed by atoms with Crippen molar-refractivity contribution in [2.75, 3.05) is 19.8 Å². The van der Waals surface area contributed by atoms with Crippen LogP contribution in [0.25, 0.3) is 0 Å². The predicted molar refractivity (Wildman–Crippen MR) is 68.8 cm³/mol. The number of hydrogen-bond acceptors (Lipinski definition) is 3. The fourth-order valence-electron chi connectivity index (χ4n) is 1.36. The Bertz CT molecular complexity index is 312. The van der Waals surface area contributed by atoms with Crippen LogP contribution in [0.15, 0.2) is 24.3 Å². The van der Waals surface area contributed by atoms with E-state index in [1.165, 1.54) is 0 Å². The number of para-hydroxylation sites is 2. The third-order valence-corrected chi connectivity index (χ3v) is 2.47. The molecule has 17 heavy (non-hydrogen) atoms. The maximum Gasteiger partial charge on any atom is 0.161 e. The molecule has 0 aliphatic heterocycles. The Labute approximate surface area is 104 Å². The SMILES string of the molecule is CCOc1ccccc1OCCOC(C)CC. The molecule has 3 nitrogen and oxygen atoms in total. The average molecular weight is 238 g/mol. The van der Waals surface area contributed by atoms with Crippen LogP contribution in [0.3, 0.4) is 0 Å². The van der Waals surface area contributed by atoms with Crippen LogP contribution in [0.4, 0.5) is 0 Å². The monoisotopic (exact) mass is 238 g/mol. The summed E-state index contributed by atoms with van der Waals surface area (Å²) in [5.41, 5.74) is 0. The molecule has 1 atom stereocenters. The van der Waals surface area contributed by atoms with Crippen LogP contribution in [0.5, 0.6) is 11.5 Å². The lowest BCUT2D eigenvalue weighted by molar-refractivity contribution is 0.0421. The second-order valence-corrected chi connectivity index (χ2v) is 3.82. The van der Waals surface area contributed by atoms with Gasteiger partial charge in [0.1, 0.15) is 6.61 Å². The fourth-order valence-corrected chi connectivity index (χ4v) is 1.36. The van der Waals surface area contributed by atoms with E-state index in [9.17, 15) is 0 Å². The van der Waals surface area contributed by atoms with Crippen molar-refractivity contribution in [1.29, 1.82) is 0 Å². The standard InChI is InChI=1S/C14H22O3/c1-4-12(3)16-10-11-17-14-9-7-6-8-13(14)15-5-2/h6-9,12H,4-5,10-11H2,1-3H3. The lowest BCUT2D eigenvalue weighted by atomic mass is 10.3. The van der Waals surface area contributed by atoms with Crippen molar-refractivity contribution in [3.63, 3.8) is 0 Å². The molecule has 0 fully saturated rings. The summed E-state index contributed by atoms with van der Waals surface area (Å²) in [4.78, 5) is 0. The van der Waals surface area contributed by atoms with Crippen molar-refractivity contribution in [1.82, 2.24) is 0 Å². The Balaban J connectivity index is 2.35. The molecule has 0 radical (unpaired) electrons. The number of hydrogen-bond donors (Lipinski definition) is 0. The van der Waals surface area contributed by atoms with Gasteiger partial charge in [0.2, 0.25) is 0 Å². The second kappa shape index (κ2) is 7.96. The Morgan fingerprint density at radius 3 is 2.24 bits per heavy atom. The molecule has 0 heterocycles. The molecule has 0 aliphatic rings. The Hall–Kier alpha value is -1.22. The first kappa shape index (κ1) is 13.8. The van der Waals surface area contributed by atoms with Crippen molar-refractivity contribution in [3.8, 4) is 11.5 Å². The molecule has 3 heteroatoms. The largest absolute Gasteiger partial charge is 0.490 e. The van der Waals surface area contributed by atoms with E-state index >= 15 is 0 Å². The van der Waals surface area contributed by atoms with E-state index in [1.54, 1.807) is 0 Å². The quantitative estimate of drug-likeness (QED) is 0.650. The molecule has 0 saturated carbocycles. The summed E-state index contributed by atoms with van der Waals surface area (Å²) in [5.74, 6) is 1.57. The molecule has 1 aromatic rings. The van der Waals surface area contributed by atoms with Crippen LogP contribution in [-0.2, 0) is 4.74 Å². The predicted octanol–water partition coefficient (Wildman–Crippen LogP) is 3.28. The first-order valence-electron chi connectivity index (χ1n) is 6.24. The van der Waals surface area contributed by atoms with Gasteiger partial charge in [0.15, 0.2) is 11.5 Å². The summed E-state index contributed by atoms with van der Waals surface area (Å²) in [5, 5.41) is 0. The second-order valence-electron chi connectivity index (χ2n) is 3.82. The van der Waals surface area contributed by atoms with Gasteiger partial charge in [0, 0.05) is 0 Å². The van der Waals surface area contributed by atoms with Crippen molar-refractivity contribution in [2.45, 2.75) is 33.3 Å². The maximum absolute atomic E-state index is 5.63. The minimum absolute atomic E-state index is 0.292. The van der Waals surface area contributed by atoms with Crippen molar-refractivity contribution < 1.29 is 14.2 Å². The summed E-state index contributed by atoms with van der Waals surface area (Å²) in [6.07, 6.45) is 1.32. The maximum atomic E-state index is 5.63. The van der Waals surface area contributed by atoms with Gasteiger partial charge in [-0.15, -0.1) is 0 Å². The van der Waals surface area contributed by atoms with E-state index in [1.807, 2.05) is 31.2 Å². The summed E-state index contributed by atoms with van der Waals surface area (Å²) in [6.45, 7) is 7.93. The number of ether oxygens (including phenoxy) is 3. The molecular weight excluding hydrogens is 216 g/mol. The van der Waals surface area contributed by atoms with E-state index in [0.29, 0.717) is 25.9 Å². The highest BCUT2D eigenvalue weighted by atomic mass is 16.5. The van der Waals surface area contributed by atoms with Crippen LogP contribution in [0, 0.1) is 0 Å². The van der Waals surface area contributed by atoms with E-state index in [-0.39, 0.29) is 0 Å². The van der Waals surface area contributed by atoms with Crippen LogP contribution in [-0.4, -0.2) is 25.9 Å². The normalized spacial score (nSPS) is 12.2. The van der Waals surface area contributed by atoms with Gasteiger partial charge in [-0.05, 0) is 32.4 Å². The number of rotatable bonds is 8. The van der Waals surface area contributed by atoms with Crippen LogP contribution < -0.4 is 9.47 Å². The van der Waals surface area contributed by atoms with Gasteiger partial charge in [-0.3, -0.25) is 0 Å². The Morgan fingerprint density at radius 2 is 1.65 bits per heavy atom. The van der Waals surface area contributed by atoms with Crippen LogP contribution in [0.2, 0.25) is 0 Å². The molecule has 0 aliphatic carbocycles. The van der Waals surface area contributed by atoms with E-state index in [0.717, 1.165) is 17.9 Å². The molecule has 96 valence electrons. The van der Waals surface area contributed by atoms with Gasteiger partial charge in [0.05, 0.1) is 19.3 Å².